The van der Waals surface area contributed by atoms with E-state index in [0.29, 0.717) is 28.4 Å². The number of methoxy groups -OCH3 is 2. The summed E-state index contributed by atoms with van der Waals surface area (Å²) in [7, 11) is -0.676. The lowest BCUT2D eigenvalue weighted by Gasteiger charge is -2.11. The van der Waals surface area contributed by atoms with Crippen LogP contribution in [0.2, 0.25) is 0 Å². The number of amides is 1. The Hall–Kier alpha value is -3.52. The van der Waals surface area contributed by atoms with Gasteiger partial charge in [0, 0.05) is 35.1 Å². The van der Waals surface area contributed by atoms with Gasteiger partial charge in [0.05, 0.1) is 19.1 Å². The van der Waals surface area contributed by atoms with Crippen molar-refractivity contribution in [3.05, 3.63) is 77.4 Å². The first kappa shape index (κ1) is 22.2. The van der Waals surface area contributed by atoms with Crippen LogP contribution in [0, 0.1) is 13.8 Å². The zero-order chi connectivity index (χ0) is 22.6. The van der Waals surface area contributed by atoms with E-state index in [9.17, 15) is 13.2 Å². The minimum Gasteiger partial charge on any atom is -0.497 e. The topological polar surface area (TPSA) is 93.7 Å². The first-order valence-corrected chi connectivity index (χ1v) is 10.9. The summed E-state index contributed by atoms with van der Waals surface area (Å²) in [5, 5.41) is 2.78. The van der Waals surface area contributed by atoms with Crippen molar-refractivity contribution in [3.8, 4) is 11.5 Å². The van der Waals surface area contributed by atoms with E-state index in [1.54, 1.807) is 60.7 Å². The third kappa shape index (κ3) is 5.35. The lowest BCUT2D eigenvalue weighted by atomic mass is 10.1. The molecule has 3 aromatic rings. The molecule has 8 heteroatoms. The number of rotatable bonds is 7. The Morgan fingerprint density at radius 1 is 0.774 bits per heavy atom. The standard InChI is InChI=1S/C23H24N2O5S/c1-15-5-10-22(11-16(15)2)31(27,28)25-18-8-6-17(7-9-18)23(26)24-19-12-20(29-3)14-21(13-19)30-4/h5-14,25H,1-4H3,(H,24,26). The van der Waals surface area contributed by atoms with Gasteiger partial charge in [-0.1, -0.05) is 6.07 Å². The summed E-state index contributed by atoms with van der Waals surface area (Å²) in [6.45, 7) is 3.78. The monoisotopic (exact) mass is 440 g/mol. The summed E-state index contributed by atoms with van der Waals surface area (Å²) in [4.78, 5) is 12.8. The molecule has 0 radical (unpaired) electrons. The molecule has 2 N–H and O–H groups in total. The maximum absolute atomic E-state index is 12.6. The zero-order valence-corrected chi connectivity index (χ0v) is 18.5. The van der Waals surface area contributed by atoms with E-state index in [4.69, 9.17) is 9.47 Å². The third-order valence-corrected chi connectivity index (χ3v) is 6.18. The molecule has 31 heavy (non-hydrogen) atoms. The molecule has 0 aromatic heterocycles. The molecule has 0 saturated carbocycles. The van der Waals surface area contributed by atoms with Crippen LogP contribution in [-0.2, 0) is 10.0 Å². The summed E-state index contributed by atoms with van der Waals surface area (Å²) in [5.74, 6) is 0.746. The van der Waals surface area contributed by atoms with Crippen LogP contribution in [-0.4, -0.2) is 28.5 Å². The Morgan fingerprint density at radius 3 is 1.94 bits per heavy atom. The van der Waals surface area contributed by atoms with Gasteiger partial charge in [0.1, 0.15) is 11.5 Å². The molecule has 0 unspecified atom stereocenters. The number of ether oxygens (including phenoxy) is 2. The van der Waals surface area contributed by atoms with E-state index in [1.165, 1.54) is 14.2 Å². The predicted molar refractivity (Wildman–Crippen MR) is 121 cm³/mol. The lowest BCUT2D eigenvalue weighted by Crippen LogP contribution is -2.14. The zero-order valence-electron chi connectivity index (χ0n) is 17.7. The Bertz CT molecular complexity index is 1180. The van der Waals surface area contributed by atoms with Gasteiger partial charge in [0.15, 0.2) is 0 Å². The normalized spacial score (nSPS) is 11.0. The number of aryl methyl sites for hydroxylation is 2. The van der Waals surface area contributed by atoms with Crippen LogP contribution in [0.1, 0.15) is 21.5 Å². The van der Waals surface area contributed by atoms with Gasteiger partial charge in [-0.05, 0) is 61.4 Å². The van der Waals surface area contributed by atoms with Crippen LogP contribution >= 0.6 is 0 Å². The molecular weight excluding hydrogens is 416 g/mol. The second-order valence-electron chi connectivity index (χ2n) is 6.98. The fourth-order valence-corrected chi connectivity index (χ4v) is 4.01. The fourth-order valence-electron chi connectivity index (χ4n) is 2.87. The molecule has 0 aliphatic carbocycles. The molecule has 0 saturated heterocycles. The van der Waals surface area contributed by atoms with Crippen LogP contribution < -0.4 is 19.5 Å². The van der Waals surface area contributed by atoms with Gasteiger partial charge in [0.2, 0.25) is 0 Å². The van der Waals surface area contributed by atoms with Crippen molar-refractivity contribution in [3.63, 3.8) is 0 Å². The average molecular weight is 441 g/mol. The predicted octanol–water partition coefficient (Wildman–Crippen LogP) is 4.37. The molecule has 1 amide bonds. The molecule has 3 aromatic carbocycles. The van der Waals surface area contributed by atoms with Crippen molar-refractivity contribution in [2.45, 2.75) is 18.7 Å². The molecule has 7 nitrogen and oxygen atoms in total. The number of nitrogens with one attached hydrogen (secondary N) is 2. The number of benzene rings is 3. The van der Waals surface area contributed by atoms with Crippen LogP contribution in [0.3, 0.4) is 0 Å². The van der Waals surface area contributed by atoms with Gasteiger partial charge in [-0.15, -0.1) is 0 Å². The number of anilines is 2. The minimum atomic E-state index is -3.73. The second kappa shape index (κ2) is 9.09. The van der Waals surface area contributed by atoms with E-state index in [2.05, 4.69) is 10.0 Å². The van der Waals surface area contributed by atoms with Gasteiger partial charge in [-0.2, -0.15) is 0 Å². The molecule has 0 atom stereocenters. The Morgan fingerprint density at radius 2 is 1.39 bits per heavy atom. The van der Waals surface area contributed by atoms with E-state index in [0.717, 1.165) is 11.1 Å². The van der Waals surface area contributed by atoms with Gasteiger partial charge in [-0.3, -0.25) is 9.52 Å². The molecule has 0 aliphatic rings. The highest BCUT2D eigenvalue weighted by atomic mass is 32.2. The number of hydrogen-bond donors (Lipinski definition) is 2. The number of hydrogen-bond acceptors (Lipinski definition) is 5. The summed E-state index contributed by atoms with van der Waals surface area (Å²) < 4.78 is 38.2. The number of carbonyl (C=O) groups excluding carboxylic acids is 1. The summed E-state index contributed by atoms with van der Waals surface area (Å²) in [6.07, 6.45) is 0. The highest BCUT2D eigenvalue weighted by Crippen LogP contribution is 2.26. The molecule has 0 fully saturated rings. The van der Waals surface area contributed by atoms with Gasteiger partial charge in [0.25, 0.3) is 15.9 Å². The van der Waals surface area contributed by atoms with Gasteiger partial charge >= 0.3 is 0 Å². The molecular formula is C23H24N2O5S. The molecule has 3 rings (SSSR count). The fraction of sp³-hybridized carbons (Fsp3) is 0.174. The maximum Gasteiger partial charge on any atom is 0.261 e. The minimum absolute atomic E-state index is 0.185. The quantitative estimate of drug-likeness (QED) is 0.569. The van der Waals surface area contributed by atoms with Crippen molar-refractivity contribution in [1.82, 2.24) is 0 Å². The van der Waals surface area contributed by atoms with Crippen LogP contribution in [0.25, 0.3) is 0 Å². The van der Waals surface area contributed by atoms with Crippen LogP contribution in [0.4, 0.5) is 11.4 Å². The maximum atomic E-state index is 12.6. The molecule has 162 valence electrons. The van der Waals surface area contributed by atoms with E-state index in [1.807, 2.05) is 13.8 Å². The largest absolute Gasteiger partial charge is 0.497 e. The van der Waals surface area contributed by atoms with Crippen molar-refractivity contribution in [1.29, 1.82) is 0 Å². The highest BCUT2D eigenvalue weighted by molar-refractivity contribution is 7.92. The summed E-state index contributed by atoms with van der Waals surface area (Å²) in [5.41, 5.74) is 3.15. The Balaban J connectivity index is 1.74. The van der Waals surface area contributed by atoms with Crippen LogP contribution in [0.15, 0.2) is 65.6 Å². The van der Waals surface area contributed by atoms with Crippen molar-refractivity contribution >= 4 is 27.3 Å². The molecule has 0 heterocycles. The lowest BCUT2D eigenvalue weighted by molar-refractivity contribution is 0.102. The first-order chi connectivity index (χ1) is 14.7. The average Bonchev–Trinajstić information content (AvgIpc) is 2.75. The highest BCUT2D eigenvalue weighted by Gasteiger charge is 2.15. The molecule has 0 spiro atoms. The van der Waals surface area contributed by atoms with E-state index >= 15 is 0 Å². The van der Waals surface area contributed by atoms with Gasteiger partial charge in [-0.25, -0.2) is 8.42 Å². The Labute approximate surface area is 182 Å². The molecule has 0 aliphatic heterocycles. The SMILES string of the molecule is COc1cc(NC(=O)c2ccc(NS(=O)(=O)c3ccc(C)c(C)c3)cc2)cc(OC)c1. The second-order valence-corrected chi connectivity index (χ2v) is 8.67. The van der Waals surface area contributed by atoms with E-state index < -0.39 is 10.0 Å². The smallest absolute Gasteiger partial charge is 0.261 e. The number of carbonyl (C=O) groups is 1. The van der Waals surface area contributed by atoms with E-state index in [-0.39, 0.29) is 10.8 Å². The Kier molecular flexibility index (Phi) is 6.50. The third-order valence-electron chi connectivity index (χ3n) is 4.80. The van der Waals surface area contributed by atoms with Crippen molar-refractivity contribution in [2.24, 2.45) is 0 Å². The first-order valence-electron chi connectivity index (χ1n) is 9.46. The van der Waals surface area contributed by atoms with Crippen molar-refractivity contribution < 1.29 is 22.7 Å². The van der Waals surface area contributed by atoms with Crippen LogP contribution in [0.5, 0.6) is 11.5 Å². The summed E-state index contributed by atoms with van der Waals surface area (Å²) in [6, 6.07) is 16.2. The van der Waals surface area contributed by atoms with Crippen molar-refractivity contribution in [2.75, 3.05) is 24.3 Å². The molecule has 0 bridgehead atoms. The number of sulfonamides is 1. The summed E-state index contributed by atoms with van der Waals surface area (Å²) >= 11 is 0. The van der Waals surface area contributed by atoms with Gasteiger partial charge < -0.3 is 14.8 Å².